The SMILES string of the molecule is CC(C)C1(O)CN(S(=O)(=O)c2cc(Cl)ccc2C#N)C1. The molecular weight excluding hydrogens is 300 g/mol. The quantitative estimate of drug-likeness (QED) is 0.919. The summed E-state index contributed by atoms with van der Waals surface area (Å²) in [5.74, 6) is -0.0382. The van der Waals surface area contributed by atoms with Crippen LogP contribution in [0.4, 0.5) is 0 Å². The number of nitrogens with zero attached hydrogens (tertiary/aromatic N) is 2. The molecule has 0 saturated carbocycles. The molecule has 0 aromatic heterocycles. The van der Waals surface area contributed by atoms with E-state index in [0.29, 0.717) is 0 Å². The van der Waals surface area contributed by atoms with Crippen LogP contribution in [0, 0.1) is 17.2 Å². The zero-order valence-corrected chi connectivity index (χ0v) is 12.7. The number of rotatable bonds is 3. The Hall–Kier alpha value is -1.13. The molecule has 108 valence electrons. The second-order valence-electron chi connectivity index (χ2n) is 5.28. The Labute approximate surface area is 123 Å². The van der Waals surface area contributed by atoms with Gasteiger partial charge < -0.3 is 5.11 Å². The van der Waals surface area contributed by atoms with Crippen molar-refractivity contribution in [1.29, 1.82) is 5.26 Å². The third-order valence-electron chi connectivity index (χ3n) is 3.66. The van der Waals surface area contributed by atoms with E-state index in [1.54, 1.807) is 0 Å². The van der Waals surface area contributed by atoms with E-state index in [1.165, 1.54) is 22.5 Å². The standard InChI is InChI=1S/C13H15ClN2O3S/c1-9(2)13(17)7-16(8-13)20(18,19)12-5-11(14)4-3-10(12)6-15/h3-5,9,17H,7-8H2,1-2H3. The molecule has 1 fully saturated rings. The fourth-order valence-electron chi connectivity index (χ4n) is 2.04. The minimum atomic E-state index is -3.81. The number of benzene rings is 1. The summed E-state index contributed by atoms with van der Waals surface area (Å²) in [5, 5.41) is 19.4. The Kier molecular flexibility index (Phi) is 3.82. The van der Waals surface area contributed by atoms with E-state index < -0.39 is 15.6 Å². The highest BCUT2D eigenvalue weighted by Gasteiger charge is 2.49. The van der Waals surface area contributed by atoms with Crippen molar-refractivity contribution in [1.82, 2.24) is 4.31 Å². The monoisotopic (exact) mass is 314 g/mol. The Morgan fingerprint density at radius 1 is 1.45 bits per heavy atom. The fraction of sp³-hybridized carbons (Fsp3) is 0.462. The first-order valence-electron chi connectivity index (χ1n) is 6.13. The molecule has 1 aliphatic heterocycles. The topological polar surface area (TPSA) is 81.4 Å². The van der Waals surface area contributed by atoms with Crippen molar-refractivity contribution < 1.29 is 13.5 Å². The van der Waals surface area contributed by atoms with Crippen molar-refractivity contribution in [2.45, 2.75) is 24.3 Å². The van der Waals surface area contributed by atoms with E-state index in [9.17, 15) is 13.5 Å². The Bertz CT molecular complexity index is 673. The van der Waals surface area contributed by atoms with E-state index in [0.717, 1.165) is 0 Å². The maximum atomic E-state index is 12.5. The van der Waals surface area contributed by atoms with Crippen LogP contribution >= 0.6 is 11.6 Å². The summed E-state index contributed by atoms with van der Waals surface area (Å²) < 4.78 is 26.1. The Balaban J connectivity index is 2.35. The lowest BCUT2D eigenvalue weighted by Crippen LogP contribution is -2.65. The van der Waals surface area contributed by atoms with Gasteiger partial charge in [0.15, 0.2) is 0 Å². The van der Waals surface area contributed by atoms with Gasteiger partial charge in [-0.3, -0.25) is 0 Å². The molecule has 5 nitrogen and oxygen atoms in total. The summed E-state index contributed by atoms with van der Waals surface area (Å²) in [7, 11) is -3.81. The summed E-state index contributed by atoms with van der Waals surface area (Å²) in [4.78, 5) is -0.113. The molecule has 0 radical (unpaired) electrons. The normalized spacial score (nSPS) is 18.6. The van der Waals surface area contributed by atoms with Crippen LogP contribution in [0.15, 0.2) is 23.1 Å². The second-order valence-corrected chi connectivity index (χ2v) is 7.63. The highest BCUT2D eigenvalue weighted by Crippen LogP contribution is 2.34. The average molecular weight is 315 g/mol. The molecule has 0 atom stereocenters. The number of aliphatic hydroxyl groups is 1. The first-order chi connectivity index (χ1) is 9.20. The molecule has 7 heteroatoms. The predicted molar refractivity (Wildman–Crippen MR) is 74.7 cm³/mol. The molecule has 1 aromatic carbocycles. The molecule has 1 heterocycles. The second kappa shape index (κ2) is 5.01. The molecule has 0 bridgehead atoms. The van der Waals surface area contributed by atoms with E-state index in [1.807, 2.05) is 19.9 Å². The van der Waals surface area contributed by atoms with Gasteiger partial charge in [0.25, 0.3) is 0 Å². The van der Waals surface area contributed by atoms with Gasteiger partial charge in [-0.15, -0.1) is 0 Å². The highest BCUT2D eigenvalue weighted by molar-refractivity contribution is 7.89. The number of β-amino-alcohol motifs (C(OH)–C–C–N with tert-alkyl or cyclic N) is 1. The van der Waals surface area contributed by atoms with Gasteiger partial charge in [0, 0.05) is 18.1 Å². The lowest BCUT2D eigenvalue weighted by molar-refractivity contribution is -0.0932. The van der Waals surface area contributed by atoms with E-state index >= 15 is 0 Å². The Morgan fingerprint density at radius 3 is 2.55 bits per heavy atom. The van der Waals surface area contributed by atoms with Gasteiger partial charge in [0.05, 0.1) is 11.2 Å². The van der Waals surface area contributed by atoms with Crippen molar-refractivity contribution in [2.75, 3.05) is 13.1 Å². The molecule has 0 amide bonds. The van der Waals surface area contributed by atoms with Gasteiger partial charge >= 0.3 is 0 Å². The molecule has 0 spiro atoms. The van der Waals surface area contributed by atoms with Crippen LogP contribution in [0.2, 0.25) is 5.02 Å². The van der Waals surface area contributed by atoms with Gasteiger partial charge in [-0.2, -0.15) is 9.57 Å². The predicted octanol–water partition coefficient (Wildman–Crippen LogP) is 1.60. The summed E-state index contributed by atoms with van der Waals surface area (Å²) in [5.41, 5.74) is -0.951. The van der Waals surface area contributed by atoms with Gasteiger partial charge in [0.2, 0.25) is 10.0 Å². The van der Waals surface area contributed by atoms with Crippen molar-refractivity contribution in [2.24, 2.45) is 5.92 Å². The molecule has 0 aliphatic carbocycles. The number of hydrogen-bond acceptors (Lipinski definition) is 4. The molecule has 1 N–H and O–H groups in total. The van der Waals surface area contributed by atoms with Gasteiger partial charge in [-0.25, -0.2) is 8.42 Å². The van der Waals surface area contributed by atoms with Crippen LogP contribution in [0.5, 0.6) is 0 Å². The van der Waals surface area contributed by atoms with Crippen LogP contribution in [-0.4, -0.2) is 36.5 Å². The maximum Gasteiger partial charge on any atom is 0.244 e. The smallest absolute Gasteiger partial charge is 0.244 e. The minimum Gasteiger partial charge on any atom is -0.387 e. The Morgan fingerprint density at radius 2 is 2.05 bits per heavy atom. The zero-order valence-electron chi connectivity index (χ0n) is 11.2. The molecule has 1 aliphatic rings. The van der Waals surface area contributed by atoms with Crippen molar-refractivity contribution in [3.63, 3.8) is 0 Å². The van der Waals surface area contributed by atoms with Crippen molar-refractivity contribution >= 4 is 21.6 Å². The van der Waals surface area contributed by atoms with Gasteiger partial charge in [0.1, 0.15) is 11.0 Å². The van der Waals surface area contributed by atoms with Crippen LogP contribution in [0.3, 0.4) is 0 Å². The largest absolute Gasteiger partial charge is 0.387 e. The minimum absolute atomic E-state index is 0.0321. The summed E-state index contributed by atoms with van der Waals surface area (Å²) >= 11 is 5.81. The molecule has 1 aromatic rings. The van der Waals surface area contributed by atoms with Crippen LogP contribution in [-0.2, 0) is 10.0 Å². The highest BCUT2D eigenvalue weighted by atomic mass is 35.5. The van der Waals surface area contributed by atoms with Gasteiger partial charge in [-0.1, -0.05) is 25.4 Å². The number of halogens is 1. The average Bonchev–Trinajstić information content (AvgIpc) is 2.34. The van der Waals surface area contributed by atoms with E-state index in [4.69, 9.17) is 16.9 Å². The third kappa shape index (κ3) is 2.42. The molecule has 20 heavy (non-hydrogen) atoms. The number of sulfonamides is 1. The maximum absolute atomic E-state index is 12.5. The summed E-state index contributed by atoms with van der Waals surface area (Å²) in [6, 6.07) is 5.97. The fourth-order valence-corrected chi connectivity index (χ4v) is 4.01. The van der Waals surface area contributed by atoms with Crippen molar-refractivity contribution in [3.8, 4) is 6.07 Å². The third-order valence-corrected chi connectivity index (χ3v) is 5.72. The number of nitriles is 1. The molecule has 1 saturated heterocycles. The van der Waals surface area contributed by atoms with E-state index in [-0.39, 0.29) is 34.5 Å². The van der Waals surface area contributed by atoms with Crippen LogP contribution in [0.25, 0.3) is 0 Å². The molecule has 0 unspecified atom stereocenters. The van der Waals surface area contributed by atoms with Crippen LogP contribution in [0.1, 0.15) is 19.4 Å². The van der Waals surface area contributed by atoms with Crippen LogP contribution < -0.4 is 0 Å². The first kappa shape index (κ1) is 15.3. The van der Waals surface area contributed by atoms with E-state index in [2.05, 4.69) is 0 Å². The zero-order chi connectivity index (χ0) is 15.1. The number of hydrogen-bond donors (Lipinski definition) is 1. The first-order valence-corrected chi connectivity index (χ1v) is 7.95. The van der Waals surface area contributed by atoms with Gasteiger partial charge in [-0.05, 0) is 24.1 Å². The summed E-state index contributed by atoms with van der Waals surface area (Å²) in [6.45, 7) is 3.74. The van der Waals surface area contributed by atoms with Crippen molar-refractivity contribution in [3.05, 3.63) is 28.8 Å². The lowest BCUT2D eigenvalue weighted by atomic mass is 9.85. The molecule has 2 rings (SSSR count). The summed E-state index contributed by atoms with van der Waals surface area (Å²) in [6.07, 6.45) is 0. The lowest BCUT2D eigenvalue weighted by Gasteiger charge is -2.47. The molecular formula is C13H15ClN2O3S.